The van der Waals surface area contributed by atoms with Crippen LogP contribution >= 0.6 is 15.9 Å². The van der Waals surface area contributed by atoms with Gasteiger partial charge in [-0.2, -0.15) is 0 Å². The maximum absolute atomic E-state index is 12.2. The van der Waals surface area contributed by atoms with Crippen LogP contribution in [-0.2, 0) is 0 Å². The van der Waals surface area contributed by atoms with Crippen LogP contribution in [0.5, 0.6) is 0 Å². The Morgan fingerprint density at radius 2 is 2.18 bits per heavy atom. The van der Waals surface area contributed by atoms with Crippen molar-refractivity contribution >= 4 is 21.8 Å². The highest BCUT2D eigenvalue weighted by atomic mass is 79.9. The normalized spacial score (nSPS) is 19.1. The molecule has 0 radical (unpaired) electrons. The zero-order valence-electron chi connectivity index (χ0n) is 9.69. The van der Waals surface area contributed by atoms with Crippen LogP contribution in [0, 0.1) is 0 Å². The van der Waals surface area contributed by atoms with E-state index >= 15 is 0 Å². The van der Waals surface area contributed by atoms with Crippen LogP contribution in [0.15, 0.2) is 22.8 Å². The standard InChI is InChI=1S/C12H15BrN2O2/c1-12(17)4-7-15(8-5-12)11(16)10-9(13)3-2-6-14-10/h2-3,6,17H,4-5,7-8H2,1H3. The van der Waals surface area contributed by atoms with Gasteiger partial charge in [-0.1, -0.05) is 0 Å². The number of aliphatic hydroxyl groups is 1. The second-order valence-corrected chi connectivity index (χ2v) is 5.48. The number of halogens is 1. The first kappa shape index (κ1) is 12.5. The molecule has 0 unspecified atom stereocenters. The highest BCUT2D eigenvalue weighted by Gasteiger charge is 2.30. The van der Waals surface area contributed by atoms with Gasteiger partial charge in [-0.25, -0.2) is 4.98 Å². The zero-order valence-corrected chi connectivity index (χ0v) is 11.3. The van der Waals surface area contributed by atoms with Crippen LogP contribution < -0.4 is 0 Å². The average molecular weight is 299 g/mol. The molecule has 4 nitrogen and oxygen atoms in total. The molecule has 1 N–H and O–H groups in total. The Bertz CT molecular complexity index is 424. The Morgan fingerprint density at radius 1 is 1.53 bits per heavy atom. The highest BCUT2D eigenvalue weighted by molar-refractivity contribution is 9.10. The largest absolute Gasteiger partial charge is 0.390 e. The Labute approximate surface area is 109 Å². The van der Waals surface area contributed by atoms with Gasteiger partial charge in [-0.15, -0.1) is 0 Å². The molecule has 1 saturated heterocycles. The van der Waals surface area contributed by atoms with Crippen molar-refractivity contribution in [2.24, 2.45) is 0 Å². The minimum absolute atomic E-state index is 0.0759. The molecule has 1 amide bonds. The third-order valence-corrected chi connectivity index (χ3v) is 3.73. The van der Waals surface area contributed by atoms with Crippen LogP contribution in [0.2, 0.25) is 0 Å². The molecule has 1 aromatic rings. The van der Waals surface area contributed by atoms with E-state index in [9.17, 15) is 9.90 Å². The first-order chi connectivity index (χ1) is 7.99. The van der Waals surface area contributed by atoms with Gasteiger partial charge in [-0.05, 0) is 47.8 Å². The summed E-state index contributed by atoms with van der Waals surface area (Å²) in [4.78, 5) is 18.0. The molecule has 5 heteroatoms. The number of hydrogen-bond donors (Lipinski definition) is 1. The number of hydrogen-bond acceptors (Lipinski definition) is 3. The number of aromatic nitrogens is 1. The third-order valence-electron chi connectivity index (χ3n) is 3.09. The monoisotopic (exact) mass is 298 g/mol. The van der Waals surface area contributed by atoms with Crippen molar-refractivity contribution in [2.75, 3.05) is 13.1 Å². The Hall–Kier alpha value is -0.940. The van der Waals surface area contributed by atoms with Crippen LogP contribution in [-0.4, -0.2) is 39.6 Å². The summed E-state index contributed by atoms with van der Waals surface area (Å²) in [6.45, 7) is 2.97. The summed E-state index contributed by atoms with van der Waals surface area (Å²) in [7, 11) is 0. The average Bonchev–Trinajstić information content (AvgIpc) is 2.29. The van der Waals surface area contributed by atoms with E-state index in [2.05, 4.69) is 20.9 Å². The molecule has 1 aliphatic rings. The SMILES string of the molecule is CC1(O)CCN(C(=O)c2ncccc2Br)CC1. The molecular formula is C12H15BrN2O2. The van der Waals surface area contributed by atoms with Crippen LogP contribution in [0.3, 0.4) is 0 Å². The van der Waals surface area contributed by atoms with Crippen molar-refractivity contribution in [3.05, 3.63) is 28.5 Å². The number of nitrogens with zero attached hydrogens (tertiary/aromatic N) is 2. The molecular weight excluding hydrogens is 284 g/mol. The van der Waals surface area contributed by atoms with E-state index in [4.69, 9.17) is 0 Å². The molecule has 0 aliphatic carbocycles. The lowest BCUT2D eigenvalue weighted by Crippen LogP contribution is -2.45. The van der Waals surface area contributed by atoms with E-state index in [1.165, 1.54) is 0 Å². The Morgan fingerprint density at radius 3 is 2.76 bits per heavy atom. The first-order valence-corrected chi connectivity index (χ1v) is 6.41. The van der Waals surface area contributed by atoms with Crippen molar-refractivity contribution in [2.45, 2.75) is 25.4 Å². The fraction of sp³-hybridized carbons (Fsp3) is 0.500. The predicted octanol–water partition coefficient (Wildman–Crippen LogP) is 1.83. The van der Waals surface area contributed by atoms with E-state index in [0.717, 1.165) is 0 Å². The summed E-state index contributed by atoms with van der Waals surface area (Å²) in [5.74, 6) is -0.0759. The van der Waals surface area contributed by atoms with Gasteiger partial charge >= 0.3 is 0 Å². The number of pyridine rings is 1. The van der Waals surface area contributed by atoms with Crippen molar-refractivity contribution in [1.29, 1.82) is 0 Å². The summed E-state index contributed by atoms with van der Waals surface area (Å²) in [5, 5.41) is 9.84. The van der Waals surface area contributed by atoms with Crippen LogP contribution in [0.4, 0.5) is 0 Å². The molecule has 2 heterocycles. The molecule has 0 saturated carbocycles. The zero-order chi connectivity index (χ0) is 12.5. The second-order valence-electron chi connectivity index (χ2n) is 4.62. The molecule has 17 heavy (non-hydrogen) atoms. The number of carbonyl (C=O) groups is 1. The summed E-state index contributed by atoms with van der Waals surface area (Å²) in [6.07, 6.45) is 2.84. The molecule has 92 valence electrons. The molecule has 0 aromatic carbocycles. The smallest absolute Gasteiger partial charge is 0.273 e. The summed E-state index contributed by atoms with van der Waals surface area (Å²) < 4.78 is 0.710. The molecule has 0 bridgehead atoms. The molecule has 1 aliphatic heterocycles. The van der Waals surface area contributed by atoms with Gasteiger partial charge in [0.1, 0.15) is 5.69 Å². The summed E-state index contributed by atoms with van der Waals surface area (Å²) in [5.41, 5.74) is -0.202. The van der Waals surface area contributed by atoms with Gasteiger partial charge in [0.05, 0.1) is 5.60 Å². The Kier molecular flexibility index (Phi) is 3.49. The maximum Gasteiger partial charge on any atom is 0.273 e. The number of piperidine rings is 1. The summed E-state index contributed by atoms with van der Waals surface area (Å²) >= 11 is 3.33. The quantitative estimate of drug-likeness (QED) is 0.861. The molecule has 0 spiro atoms. The number of carbonyl (C=O) groups excluding carboxylic acids is 1. The van der Waals surface area contributed by atoms with Crippen molar-refractivity contribution < 1.29 is 9.90 Å². The highest BCUT2D eigenvalue weighted by Crippen LogP contribution is 2.23. The predicted molar refractivity (Wildman–Crippen MR) is 67.7 cm³/mol. The van der Waals surface area contributed by atoms with E-state index in [-0.39, 0.29) is 5.91 Å². The molecule has 2 rings (SSSR count). The Balaban J connectivity index is 2.10. The number of rotatable bonds is 1. The second kappa shape index (κ2) is 4.74. The van der Waals surface area contributed by atoms with Crippen molar-refractivity contribution in [1.82, 2.24) is 9.88 Å². The van der Waals surface area contributed by atoms with Gasteiger partial charge in [0.2, 0.25) is 0 Å². The van der Waals surface area contributed by atoms with Crippen molar-refractivity contribution in [3.63, 3.8) is 0 Å². The van der Waals surface area contributed by atoms with Gasteiger partial charge in [0.15, 0.2) is 0 Å². The number of likely N-dealkylation sites (tertiary alicyclic amines) is 1. The van der Waals surface area contributed by atoms with Gasteiger partial charge in [0.25, 0.3) is 5.91 Å². The minimum atomic E-state index is -0.641. The molecule has 1 aromatic heterocycles. The van der Waals surface area contributed by atoms with Crippen molar-refractivity contribution in [3.8, 4) is 0 Å². The molecule has 0 atom stereocenters. The van der Waals surface area contributed by atoms with E-state index < -0.39 is 5.60 Å². The van der Waals surface area contributed by atoms with Gasteiger partial charge in [0, 0.05) is 23.8 Å². The minimum Gasteiger partial charge on any atom is -0.390 e. The lowest BCUT2D eigenvalue weighted by molar-refractivity contribution is -0.00222. The number of amides is 1. The fourth-order valence-corrected chi connectivity index (χ4v) is 2.31. The topological polar surface area (TPSA) is 53.4 Å². The van der Waals surface area contributed by atoms with E-state index in [1.807, 2.05) is 6.92 Å². The van der Waals surface area contributed by atoms with E-state index in [0.29, 0.717) is 36.1 Å². The van der Waals surface area contributed by atoms with Crippen LogP contribution in [0.25, 0.3) is 0 Å². The lowest BCUT2D eigenvalue weighted by Gasteiger charge is -2.35. The molecule has 1 fully saturated rings. The lowest BCUT2D eigenvalue weighted by atomic mass is 9.94. The summed E-state index contributed by atoms with van der Waals surface area (Å²) in [6, 6.07) is 3.59. The first-order valence-electron chi connectivity index (χ1n) is 5.62. The fourth-order valence-electron chi connectivity index (χ4n) is 1.88. The third kappa shape index (κ3) is 2.84. The maximum atomic E-state index is 12.2. The van der Waals surface area contributed by atoms with E-state index in [1.54, 1.807) is 23.2 Å². The van der Waals surface area contributed by atoms with Gasteiger partial charge < -0.3 is 10.0 Å². The van der Waals surface area contributed by atoms with Crippen LogP contribution in [0.1, 0.15) is 30.3 Å². The van der Waals surface area contributed by atoms with Gasteiger partial charge in [-0.3, -0.25) is 4.79 Å².